The highest BCUT2D eigenvalue weighted by atomic mass is 19.1. The zero-order chi connectivity index (χ0) is 16.2. The molecule has 0 bridgehead atoms. The maximum absolute atomic E-state index is 13.2. The molecular formula is C18H15FO4. The molecule has 23 heavy (non-hydrogen) atoms. The molecule has 5 heteroatoms. The Balaban J connectivity index is 1.81. The van der Waals surface area contributed by atoms with Crippen molar-refractivity contribution in [1.29, 1.82) is 0 Å². The molecule has 0 spiro atoms. The van der Waals surface area contributed by atoms with E-state index >= 15 is 0 Å². The van der Waals surface area contributed by atoms with E-state index in [1.165, 1.54) is 6.08 Å². The number of ether oxygens (including phenoxy) is 2. The predicted molar refractivity (Wildman–Crippen MR) is 83.5 cm³/mol. The number of phenols is 1. The normalized spacial score (nSPS) is 13.8. The topological polar surface area (TPSA) is 55.8 Å². The molecule has 0 saturated carbocycles. The van der Waals surface area contributed by atoms with E-state index in [0.717, 1.165) is 30.2 Å². The Labute approximate surface area is 132 Å². The summed E-state index contributed by atoms with van der Waals surface area (Å²) in [5.41, 5.74) is 0.675. The van der Waals surface area contributed by atoms with Crippen LogP contribution in [0.25, 0.3) is 6.08 Å². The van der Waals surface area contributed by atoms with Gasteiger partial charge >= 0.3 is 0 Å². The van der Waals surface area contributed by atoms with E-state index in [4.69, 9.17) is 9.47 Å². The van der Waals surface area contributed by atoms with Gasteiger partial charge in [0.1, 0.15) is 11.6 Å². The average Bonchev–Trinajstić information content (AvgIpc) is 2.79. The van der Waals surface area contributed by atoms with Gasteiger partial charge in [-0.15, -0.1) is 0 Å². The van der Waals surface area contributed by atoms with Crippen LogP contribution in [0.3, 0.4) is 0 Å². The van der Waals surface area contributed by atoms with E-state index < -0.39 is 11.6 Å². The number of carbonyl (C=O) groups is 1. The number of allylic oxidation sites excluding steroid dienone is 1. The first-order chi connectivity index (χ1) is 11.1. The number of hydrogen-bond acceptors (Lipinski definition) is 4. The molecule has 1 N–H and O–H groups in total. The lowest BCUT2D eigenvalue weighted by Crippen LogP contribution is -1.97. The standard InChI is InChI=1S/C18H15FO4/c19-13-4-6-16(21)14(11-13)15(20)5-2-12-3-7-17-18(10-12)23-9-1-8-22-17/h2-7,10-11,21H,1,8-9H2. The van der Waals surface area contributed by atoms with Crippen molar-refractivity contribution in [1.82, 2.24) is 0 Å². The molecular weight excluding hydrogens is 299 g/mol. The lowest BCUT2D eigenvalue weighted by Gasteiger charge is -2.07. The molecule has 0 aromatic heterocycles. The molecule has 0 saturated heterocycles. The summed E-state index contributed by atoms with van der Waals surface area (Å²) in [5.74, 6) is 0.00315. The minimum atomic E-state index is -0.574. The molecule has 2 aromatic carbocycles. The number of aromatic hydroxyl groups is 1. The van der Waals surface area contributed by atoms with Gasteiger partial charge in [0.05, 0.1) is 18.8 Å². The third-order valence-corrected chi connectivity index (χ3v) is 3.42. The average molecular weight is 314 g/mol. The second kappa shape index (κ2) is 6.52. The first-order valence-corrected chi connectivity index (χ1v) is 7.24. The molecule has 118 valence electrons. The van der Waals surface area contributed by atoms with E-state index in [-0.39, 0.29) is 11.3 Å². The van der Waals surface area contributed by atoms with E-state index in [1.54, 1.807) is 24.3 Å². The Morgan fingerprint density at radius 2 is 1.87 bits per heavy atom. The van der Waals surface area contributed by atoms with Gasteiger partial charge in [-0.1, -0.05) is 12.1 Å². The highest BCUT2D eigenvalue weighted by Gasteiger charge is 2.11. The fourth-order valence-corrected chi connectivity index (χ4v) is 2.25. The van der Waals surface area contributed by atoms with Crippen LogP contribution >= 0.6 is 0 Å². The Kier molecular flexibility index (Phi) is 4.28. The van der Waals surface area contributed by atoms with Crippen LogP contribution in [0.15, 0.2) is 42.5 Å². The Hall–Kier alpha value is -2.82. The number of fused-ring (bicyclic) bond motifs is 1. The summed E-state index contributed by atoms with van der Waals surface area (Å²) in [6, 6.07) is 8.61. The summed E-state index contributed by atoms with van der Waals surface area (Å²) in [4.78, 5) is 12.1. The third kappa shape index (κ3) is 3.51. The van der Waals surface area contributed by atoms with Crippen LogP contribution in [0.5, 0.6) is 17.2 Å². The SMILES string of the molecule is O=C(C=Cc1ccc2c(c1)OCCCO2)c1cc(F)ccc1O. The maximum Gasteiger partial charge on any atom is 0.189 e. The molecule has 1 heterocycles. The minimum absolute atomic E-state index is 0.0735. The first-order valence-electron chi connectivity index (χ1n) is 7.24. The van der Waals surface area contributed by atoms with Crippen LogP contribution in [0.2, 0.25) is 0 Å². The van der Waals surface area contributed by atoms with Gasteiger partial charge in [0.25, 0.3) is 0 Å². The van der Waals surface area contributed by atoms with Gasteiger partial charge < -0.3 is 14.6 Å². The number of benzene rings is 2. The van der Waals surface area contributed by atoms with Crippen molar-refractivity contribution in [3.8, 4) is 17.2 Å². The summed E-state index contributed by atoms with van der Waals surface area (Å²) >= 11 is 0. The van der Waals surface area contributed by atoms with Gasteiger partial charge in [0, 0.05) is 6.42 Å². The number of halogens is 1. The molecule has 0 unspecified atom stereocenters. The maximum atomic E-state index is 13.2. The molecule has 1 aliphatic heterocycles. The van der Waals surface area contributed by atoms with Crippen molar-refractivity contribution in [2.45, 2.75) is 6.42 Å². The lowest BCUT2D eigenvalue weighted by atomic mass is 10.1. The van der Waals surface area contributed by atoms with Crippen molar-refractivity contribution < 1.29 is 23.8 Å². The second-order valence-electron chi connectivity index (χ2n) is 5.12. The van der Waals surface area contributed by atoms with Crippen LogP contribution in [-0.2, 0) is 0 Å². The highest BCUT2D eigenvalue weighted by molar-refractivity contribution is 6.08. The zero-order valence-electron chi connectivity index (χ0n) is 12.3. The fourth-order valence-electron chi connectivity index (χ4n) is 2.25. The molecule has 0 aliphatic carbocycles. The fraction of sp³-hybridized carbons (Fsp3) is 0.167. The summed E-state index contributed by atoms with van der Waals surface area (Å²) < 4.78 is 24.3. The second-order valence-corrected chi connectivity index (χ2v) is 5.12. The van der Waals surface area contributed by atoms with Crippen molar-refractivity contribution in [3.63, 3.8) is 0 Å². The van der Waals surface area contributed by atoms with Gasteiger partial charge in [0.15, 0.2) is 17.3 Å². The summed E-state index contributed by atoms with van der Waals surface area (Å²) in [5, 5.41) is 9.63. The molecule has 0 atom stereocenters. The van der Waals surface area contributed by atoms with Crippen LogP contribution < -0.4 is 9.47 Å². The number of rotatable bonds is 3. The van der Waals surface area contributed by atoms with Crippen LogP contribution in [0, 0.1) is 5.82 Å². The quantitative estimate of drug-likeness (QED) is 0.695. The first kappa shape index (κ1) is 15.1. The monoisotopic (exact) mass is 314 g/mol. The van der Waals surface area contributed by atoms with Crippen molar-refractivity contribution in [2.24, 2.45) is 0 Å². The molecule has 4 nitrogen and oxygen atoms in total. The Morgan fingerprint density at radius 3 is 2.70 bits per heavy atom. The number of carbonyl (C=O) groups excluding carboxylic acids is 1. The summed E-state index contributed by atoms with van der Waals surface area (Å²) in [6.07, 6.45) is 3.69. The molecule has 3 rings (SSSR count). The van der Waals surface area contributed by atoms with E-state index in [9.17, 15) is 14.3 Å². The molecule has 0 radical (unpaired) electrons. The van der Waals surface area contributed by atoms with Crippen LogP contribution in [0.4, 0.5) is 4.39 Å². The largest absolute Gasteiger partial charge is 0.507 e. The van der Waals surface area contributed by atoms with Gasteiger partial charge in [0.2, 0.25) is 0 Å². The van der Waals surface area contributed by atoms with E-state index in [0.29, 0.717) is 24.7 Å². The van der Waals surface area contributed by atoms with Gasteiger partial charge in [-0.25, -0.2) is 4.39 Å². The van der Waals surface area contributed by atoms with Crippen molar-refractivity contribution in [3.05, 3.63) is 59.4 Å². The summed E-state index contributed by atoms with van der Waals surface area (Å²) in [6.45, 7) is 1.19. The molecule has 1 aliphatic rings. The smallest absolute Gasteiger partial charge is 0.189 e. The molecule has 0 fully saturated rings. The minimum Gasteiger partial charge on any atom is -0.507 e. The zero-order valence-corrected chi connectivity index (χ0v) is 12.3. The van der Waals surface area contributed by atoms with Crippen molar-refractivity contribution >= 4 is 11.9 Å². The predicted octanol–water partition coefficient (Wildman–Crippen LogP) is 3.59. The van der Waals surface area contributed by atoms with Gasteiger partial charge in [-0.2, -0.15) is 0 Å². The number of ketones is 1. The Bertz CT molecular complexity index is 768. The van der Waals surface area contributed by atoms with E-state index in [1.807, 2.05) is 0 Å². The lowest BCUT2D eigenvalue weighted by molar-refractivity contribution is 0.104. The van der Waals surface area contributed by atoms with E-state index in [2.05, 4.69) is 0 Å². The van der Waals surface area contributed by atoms with Crippen LogP contribution in [-0.4, -0.2) is 24.1 Å². The van der Waals surface area contributed by atoms with Gasteiger partial charge in [-0.3, -0.25) is 4.79 Å². The Morgan fingerprint density at radius 1 is 1.09 bits per heavy atom. The number of phenolic OH excluding ortho intramolecular Hbond substituents is 1. The van der Waals surface area contributed by atoms with Gasteiger partial charge in [-0.05, 0) is 42.0 Å². The summed E-state index contributed by atoms with van der Waals surface area (Å²) in [7, 11) is 0. The number of hydrogen-bond donors (Lipinski definition) is 1. The van der Waals surface area contributed by atoms with Crippen molar-refractivity contribution in [2.75, 3.05) is 13.2 Å². The van der Waals surface area contributed by atoms with Crippen LogP contribution in [0.1, 0.15) is 22.3 Å². The highest BCUT2D eigenvalue weighted by Crippen LogP contribution is 2.31. The molecule has 0 amide bonds. The molecule has 2 aromatic rings. The third-order valence-electron chi connectivity index (χ3n) is 3.42.